The number of aryl methyl sites for hydroxylation is 2. The van der Waals surface area contributed by atoms with Crippen molar-refractivity contribution < 1.29 is 22.7 Å². The average Bonchev–Trinajstić information content (AvgIpc) is 2.61. The molecular weight excluding hydrogens is 416 g/mol. The van der Waals surface area contributed by atoms with Crippen molar-refractivity contribution in [1.29, 1.82) is 0 Å². The van der Waals surface area contributed by atoms with E-state index in [1.165, 1.54) is 18.2 Å². The van der Waals surface area contributed by atoms with Crippen LogP contribution in [0.1, 0.15) is 28.4 Å². The van der Waals surface area contributed by atoms with Crippen LogP contribution in [0.2, 0.25) is 5.02 Å². The summed E-state index contributed by atoms with van der Waals surface area (Å²) in [6, 6.07) is 9.66. The summed E-state index contributed by atoms with van der Waals surface area (Å²) in [7, 11) is -3.70. The summed E-state index contributed by atoms with van der Waals surface area (Å²) >= 11 is 6.02. The van der Waals surface area contributed by atoms with Crippen molar-refractivity contribution in [2.24, 2.45) is 0 Å². The topological polar surface area (TPSA) is 92.8 Å². The van der Waals surface area contributed by atoms with Crippen LogP contribution in [-0.4, -0.2) is 39.7 Å². The molecule has 0 spiro atoms. The number of esters is 1. The number of ether oxygens (including phenoxy) is 1. The molecule has 2 aromatic rings. The Labute approximate surface area is 175 Å². The van der Waals surface area contributed by atoms with Crippen LogP contribution < -0.4 is 9.62 Å². The number of carbonyl (C=O) groups is 2. The molecular formula is C20H23ClN2O5S. The summed E-state index contributed by atoms with van der Waals surface area (Å²) in [5.74, 6) is -1.17. The van der Waals surface area contributed by atoms with Gasteiger partial charge in [-0.05, 0) is 50.6 Å². The van der Waals surface area contributed by atoms with Crippen LogP contribution in [0.4, 0.5) is 11.4 Å². The standard InChI is InChI=1S/C20H23ClN2O5S/c1-5-28-20(25)16-11-15(7-8-17(16)21)22-19(24)12-23(29(4,26)27)18-9-6-13(2)10-14(18)3/h6-11H,5,12H2,1-4H3,(H,22,24). The highest BCUT2D eigenvalue weighted by Gasteiger charge is 2.23. The Hall–Kier alpha value is -2.58. The maximum Gasteiger partial charge on any atom is 0.339 e. The Morgan fingerprint density at radius 2 is 1.83 bits per heavy atom. The minimum atomic E-state index is -3.70. The molecule has 0 fully saturated rings. The molecule has 0 bridgehead atoms. The molecule has 0 atom stereocenters. The molecule has 1 N–H and O–H groups in total. The van der Waals surface area contributed by atoms with Crippen LogP contribution >= 0.6 is 11.6 Å². The fourth-order valence-electron chi connectivity index (χ4n) is 2.77. The molecule has 2 rings (SSSR count). The van der Waals surface area contributed by atoms with E-state index in [0.29, 0.717) is 11.4 Å². The second-order valence-corrected chi connectivity index (χ2v) is 8.84. The van der Waals surface area contributed by atoms with E-state index in [9.17, 15) is 18.0 Å². The number of sulfonamides is 1. The molecule has 1 amide bonds. The number of benzene rings is 2. The Balaban J connectivity index is 2.25. The van der Waals surface area contributed by atoms with Crippen molar-refractivity contribution in [3.8, 4) is 0 Å². The number of amides is 1. The van der Waals surface area contributed by atoms with E-state index in [1.807, 2.05) is 13.0 Å². The molecule has 0 aliphatic rings. The number of halogens is 1. The number of hydrogen-bond donors (Lipinski definition) is 1. The average molecular weight is 439 g/mol. The molecule has 0 aliphatic heterocycles. The van der Waals surface area contributed by atoms with Crippen molar-refractivity contribution in [3.05, 3.63) is 58.1 Å². The summed E-state index contributed by atoms with van der Waals surface area (Å²) in [6.07, 6.45) is 1.04. The van der Waals surface area contributed by atoms with E-state index in [4.69, 9.17) is 16.3 Å². The van der Waals surface area contributed by atoms with Crippen molar-refractivity contribution in [2.75, 3.05) is 29.0 Å². The van der Waals surface area contributed by atoms with E-state index < -0.39 is 28.4 Å². The number of nitrogens with one attached hydrogen (secondary N) is 1. The molecule has 0 aromatic heterocycles. The fraction of sp³-hybridized carbons (Fsp3) is 0.300. The van der Waals surface area contributed by atoms with Gasteiger partial charge in [0.05, 0.1) is 29.1 Å². The lowest BCUT2D eigenvalue weighted by atomic mass is 10.1. The number of carbonyl (C=O) groups excluding carboxylic acids is 2. The van der Waals surface area contributed by atoms with Gasteiger partial charge < -0.3 is 10.1 Å². The lowest BCUT2D eigenvalue weighted by molar-refractivity contribution is -0.114. The van der Waals surface area contributed by atoms with Gasteiger partial charge in [0.25, 0.3) is 0 Å². The summed E-state index contributed by atoms with van der Waals surface area (Å²) in [4.78, 5) is 24.5. The molecule has 156 valence electrons. The van der Waals surface area contributed by atoms with Crippen molar-refractivity contribution >= 4 is 44.9 Å². The summed E-state index contributed by atoms with van der Waals surface area (Å²) < 4.78 is 30.5. The van der Waals surface area contributed by atoms with Crippen LogP contribution in [-0.2, 0) is 19.6 Å². The Morgan fingerprint density at radius 1 is 1.14 bits per heavy atom. The van der Waals surface area contributed by atoms with Gasteiger partial charge in [-0.3, -0.25) is 9.10 Å². The van der Waals surface area contributed by atoms with Crippen molar-refractivity contribution in [1.82, 2.24) is 0 Å². The predicted octanol–water partition coefficient (Wildman–Crippen LogP) is 3.54. The molecule has 9 heteroatoms. The van der Waals surface area contributed by atoms with Gasteiger partial charge in [-0.2, -0.15) is 0 Å². The number of nitrogens with zero attached hydrogens (tertiary/aromatic N) is 1. The van der Waals surface area contributed by atoms with Crippen LogP contribution in [0.15, 0.2) is 36.4 Å². The Kier molecular flexibility index (Phi) is 7.26. The van der Waals surface area contributed by atoms with E-state index in [-0.39, 0.29) is 17.2 Å². The highest BCUT2D eigenvalue weighted by atomic mass is 35.5. The number of hydrogen-bond acceptors (Lipinski definition) is 5. The van der Waals surface area contributed by atoms with E-state index in [1.54, 1.807) is 26.0 Å². The zero-order valence-electron chi connectivity index (χ0n) is 16.7. The highest BCUT2D eigenvalue weighted by molar-refractivity contribution is 7.92. The normalized spacial score (nSPS) is 11.1. The van der Waals surface area contributed by atoms with Gasteiger partial charge >= 0.3 is 5.97 Å². The van der Waals surface area contributed by atoms with Gasteiger partial charge in [-0.25, -0.2) is 13.2 Å². The van der Waals surface area contributed by atoms with Gasteiger partial charge in [-0.1, -0.05) is 29.3 Å². The number of anilines is 2. The third-order valence-electron chi connectivity index (χ3n) is 4.05. The maximum atomic E-state index is 12.5. The second-order valence-electron chi connectivity index (χ2n) is 6.52. The Morgan fingerprint density at radius 3 is 2.41 bits per heavy atom. The largest absolute Gasteiger partial charge is 0.462 e. The first-order valence-corrected chi connectivity index (χ1v) is 11.1. The minimum absolute atomic E-state index is 0.112. The molecule has 0 radical (unpaired) electrons. The van der Waals surface area contributed by atoms with Gasteiger partial charge in [0.2, 0.25) is 15.9 Å². The first-order chi connectivity index (χ1) is 13.5. The summed E-state index contributed by atoms with van der Waals surface area (Å²) in [6.45, 7) is 5.12. The lowest BCUT2D eigenvalue weighted by Crippen LogP contribution is -2.37. The number of rotatable bonds is 7. The Bertz CT molecular complexity index is 1040. The van der Waals surface area contributed by atoms with Gasteiger partial charge in [0.1, 0.15) is 6.54 Å². The quantitative estimate of drug-likeness (QED) is 0.667. The second kappa shape index (κ2) is 9.28. The molecule has 0 saturated heterocycles. The van der Waals surface area contributed by atoms with Crippen LogP contribution in [0.5, 0.6) is 0 Å². The molecule has 0 saturated carbocycles. The molecule has 29 heavy (non-hydrogen) atoms. The van der Waals surface area contributed by atoms with Crippen LogP contribution in [0.25, 0.3) is 0 Å². The monoisotopic (exact) mass is 438 g/mol. The highest BCUT2D eigenvalue weighted by Crippen LogP contribution is 2.24. The van der Waals surface area contributed by atoms with E-state index in [0.717, 1.165) is 21.7 Å². The molecule has 0 unspecified atom stereocenters. The van der Waals surface area contributed by atoms with E-state index >= 15 is 0 Å². The van der Waals surface area contributed by atoms with Crippen molar-refractivity contribution in [3.63, 3.8) is 0 Å². The van der Waals surface area contributed by atoms with E-state index in [2.05, 4.69) is 5.32 Å². The zero-order chi connectivity index (χ0) is 21.8. The van der Waals surface area contributed by atoms with Gasteiger partial charge in [0.15, 0.2) is 0 Å². The first kappa shape index (κ1) is 22.7. The van der Waals surface area contributed by atoms with Gasteiger partial charge in [0, 0.05) is 5.69 Å². The van der Waals surface area contributed by atoms with Crippen LogP contribution in [0, 0.1) is 13.8 Å². The smallest absolute Gasteiger partial charge is 0.339 e. The fourth-order valence-corrected chi connectivity index (χ4v) is 3.87. The summed E-state index contributed by atoms with van der Waals surface area (Å²) in [5.41, 5.74) is 2.56. The zero-order valence-corrected chi connectivity index (χ0v) is 18.2. The molecule has 0 aliphatic carbocycles. The third-order valence-corrected chi connectivity index (χ3v) is 5.51. The minimum Gasteiger partial charge on any atom is -0.462 e. The summed E-state index contributed by atoms with van der Waals surface area (Å²) in [5, 5.41) is 2.79. The third kappa shape index (κ3) is 5.95. The van der Waals surface area contributed by atoms with Crippen LogP contribution in [0.3, 0.4) is 0 Å². The van der Waals surface area contributed by atoms with Gasteiger partial charge in [-0.15, -0.1) is 0 Å². The molecule has 2 aromatic carbocycles. The molecule has 0 heterocycles. The maximum absolute atomic E-state index is 12.5. The van der Waals surface area contributed by atoms with Crippen molar-refractivity contribution in [2.45, 2.75) is 20.8 Å². The molecule has 7 nitrogen and oxygen atoms in total. The lowest BCUT2D eigenvalue weighted by Gasteiger charge is -2.24. The first-order valence-electron chi connectivity index (χ1n) is 8.84. The SMILES string of the molecule is CCOC(=O)c1cc(NC(=O)CN(c2ccc(C)cc2C)S(C)(=O)=O)ccc1Cl. The predicted molar refractivity (Wildman–Crippen MR) is 114 cm³/mol.